The van der Waals surface area contributed by atoms with Gasteiger partial charge in [-0.3, -0.25) is 5.32 Å². The predicted octanol–water partition coefficient (Wildman–Crippen LogP) is 2.04. The van der Waals surface area contributed by atoms with E-state index in [-0.39, 0.29) is 0 Å². The molecule has 72 valence electrons. The first kappa shape index (κ1) is 8.89. The molecule has 1 aliphatic rings. The highest BCUT2D eigenvalue weighted by Gasteiger charge is 2.13. The second kappa shape index (κ2) is 3.59. The molecule has 0 atom stereocenters. The third kappa shape index (κ3) is 1.39. The summed E-state index contributed by atoms with van der Waals surface area (Å²) < 4.78 is 0. The number of anilines is 2. The van der Waals surface area contributed by atoms with Gasteiger partial charge in [0, 0.05) is 0 Å². The zero-order valence-corrected chi connectivity index (χ0v) is 8.01. The van der Waals surface area contributed by atoms with Gasteiger partial charge in [0.05, 0.1) is 11.4 Å². The molecule has 0 unspecified atom stereocenters. The molecule has 1 aromatic rings. The molecular formula is C11H13N3. The fourth-order valence-electron chi connectivity index (χ4n) is 2.03. The minimum absolute atomic E-state index is 0.744. The molecular weight excluding hydrogens is 174 g/mol. The monoisotopic (exact) mass is 187 g/mol. The molecule has 3 N–H and O–H groups in total. The Morgan fingerprint density at radius 3 is 2.86 bits per heavy atom. The van der Waals surface area contributed by atoms with Gasteiger partial charge in [-0.05, 0) is 42.9 Å². The minimum atomic E-state index is 0.744. The number of fused-ring (bicyclic) bond motifs is 1. The van der Waals surface area contributed by atoms with Gasteiger partial charge in [0.2, 0.25) is 0 Å². The van der Waals surface area contributed by atoms with Crippen molar-refractivity contribution in [2.24, 2.45) is 0 Å². The van der Waals surface area contributed by atoms with E-state index in [0.717, 1.165) is 24.2 Å². The molecule has 0 fully saturated rings. The van der Waals surface area contributed by atoms with Crippen LogP contribution in [0.3, 0.4) is 0 Å². The normalized spacial score (nSPS) is 14.2. The molecule has 0 radical (unpaired) electrons. The number of nitrogens with one attached hydrogen (secondary N) is 1. The Bertz CT molecular complexity index is 390. The average molecular weight is 187 g/mol. The first-order valence-corrected chi connectivity index (χ1v) is 4.88. The molecule has 3 nitrogen and oxygen atoms in total. The van der Waals surface area contributed by atoms with Crippen LogP contribution in [0, 0.1) is 11.5 Å². The van der Waals surface area contributed by atoms with Gasteiger partial charge in [-0.25, -0.2) is 0 Å². The maximum Gasteiger partial charge on any atom is 0.181 e. The van der Waals surface area contributed by atoms with E-state index in [0.29, 0.717) is 0 Å². The van der Waals surface area contributed by atoms with Gasteiger partial charge < -0.3 is 5.73 Å². The highest BCUT2D eigenvalue weighted by Crippen LogP contribution is 2.31. The van der Waals surface area contributed by atoms with Crippen molar-refractivity contribution in [2.45, 2.75) is 25.7 Å². The fraction of sp³-hybridized carbons (Fsp3) is 0.364. The molecule has 3 heteroatoms. The summed E-state index contributed by atoms with van der Waals surface area (Å²) in [6.07, 6.45) is 6.51. The molecule has 0 saturated heterocycles. The zero-order chi connectivity index (χ0) is 9.97. The van der Waals surface area contributed by atoms with Crippen LogP contribution >= 0.6 is 0 Å². The van der Waals surface area contributed by atoms with E-state index in [1.807, 2.05) is 12.3 Å². The van der Waals surface area contributed by atoms with Crippen LogP contribution in [0.1, 0.15) is 24.0 Å². The maximum atomic E-state index is 8.53. The summed E-state index contributed by atoms with van der Waals surface area (Å²) in [4.78, 5) is 0. The lowest BCUT2D eigenvalue weighted by atomic mass is 9.90. The van der Waals surface area contributed by atoms with Crippen molar-refractivity contribution in [3.8, 4) is 6.19 Å². The predicted molar refractivity (Wildman–Crippen MR) is 56.7 cm³/mol. The number of nitriles is 1. The smallest absolute Gasteiger partial charge is 0.181 e. The summed E-state index contributed by atoms with van der Waals surface area (Å²) in [5.74, 6) is 0. The maximum absolute atomic E-state index is 8.53. The van der Waals surface area contributed by atoms with Crippen molar-refractivity contribution in [3.63, 3.8) is 0 Å². The molecule has 0 saturated carbocycles. The van der Waals surface area contributed by atoms with Gasteiger partial charge in [0.1, 0.15) is 0 Å². The Balaban J connectivity index is 2.44. The Kier molecular flexibility index (Phi) is 2.28. The van der Waals surface area contributed by atoms with Crippen LogP contribution in [-0.2, 0) is 12.8 Å². The first-order chi connectivity index (χ1) is 6.83. The standard InChI is InChI=1S/C11H13N3/c12-7-14-10-6-5-8-3-1-2-4-9(8)11(10)13/h5-6,14H,1-4,13H2. The number of nitrogens with zero attached hydrogens (tertiary/aromatic N) is 1. The average Bonchev–Trinajstić information content (AvgIpc) is 2.23. The summed E-state index contributed by atoms with van der Waals surface area (Å²) in [5.41, 5.74) is 10.1. The van der Waals surface area contributed by atoms with Gasteiger partial charge in [-0.2, -0.15) is 5.26 Å². The largest absolute Gasteiger partial charge is 0.397 e. The van der Waals surface area contributed by atoms with Crippen LogP contribution < -0.4 is 11.1 Å². The minimum Gasteiger partial charge on any atom is -0.397 e. The summed E-state index contributed by atoms with van der Waals surface area (Å²) in [6, 6.07) is 3.97. The molecule has 0 heterocycles. The Morgan fingerprint density at radius 1 is 1.29 bits per heavy atom. The van der Waals surface area contributed by atoms with Gasteiger partial charge >= 0.3 is 0 Å². The van der Waals surface area contributed by atoms with E-state index >= 15 is 0 Å². The number of benzene rings is 1. The van der Waals surface area contributed by atoms with Gasteiger partial charge in [-0.1, -0.05) is 6.07 Å². The molecule has 14 heavy (non-hydrogen) atoms. The Hall–Kier alpha value is -1.69. The molecule has 2 rings (SSSR count). The lowest BCUT2D eigenvalue weighted by Crippen LogP contribution is -2.08. The molecule has 0 bridgehead atoms. The number of hydrogen-bond donors (Lipinski definition) is 2. The quantitative estimate of drug-likeness (QED) is 0.402. The number of hydrogen-bond acceptors (Lipinski definition) is 3. The molecule has 0 aromatic heterocycles. The van der Waals surface area contributed by atoms with Crippen molar-refractivity contribution in [3.05, 3.63) is 23.3 Å². The van der Waals surface area contributed by atoms with Gasteiger partial charge in [0.25, 0.3) is 0 Å². The van der Waals surface area contributed by atoms with E-state index in [1.165, 1.54) is 24.0 Å². The molecule has 0 spiro atoms. The third-order valence-corrected chi connectivity index (χ3v) is 2.77. The zero-order valence-electron chi connectivity index (χ0n) is 8.01. The topological polar surface area (TPSA) is 61.8 Å². The van der Waals surface area contributed by atoms with E-state index < -0.39 is 0 Å². The highest BCUT2D eigenvalue weighted by atomic mass is 14.9. The SMILES string of the molecule is N#CNc1ccc2c(c1N)CCCC2. The van der Waals surface area contributed by atoms with Crippen molar-refractivity contribution in [1.82, 2.24) is 0 Å². The number of nitrogen functional groups attached to an aromatic ring is 1. The Labute approximate surface area is 83.5 Å². The van der Waals surface area contributed by atoms with Crippen molar-refractivity contribution < 1.29 is 0 Å². The van der Waals surface area contributed by atoms with E-state index in [1.54, 1.807) is 0 Å². The lowest BCUT2D eigenvalue weighted by molar-refractivity contribution is 0.687. The summed E-state index contributed by atoms with van der Waals surface area (Å²) in [7, 11) is 0. The van der Waals surface area contributed by atoms with Crippen LogP contribution in [-0.4, -0.2) is 0 Å². The lowest BCUT2D eigenvalue weighted by Gasteiger charge is -2.19. The summed E-state index contributed by atoms with van der Waals surface area (Å²) >= 11 is 0. The van der Waals surface area contributed by atoms with Crippen LogP contribution in [0.5, 0.6) is 0 Å². The van der Waals surface area contributed by atoms with Crippen LogP contribution in [0.2, 0.25) is 0 Å². The van der Waals surface area contributed by atoms with E-state index in [2.05, 4.69) is 11.4 Å². The second-order valence-corrected chi connectivity index (χ2v) is 3.61. The number of aryl methyl sites for hydroxylation is 1. The summed E-state index contributed by atoms with van der Waals surface area (Å²) in [5, 5.41) is 11.1. The van der Waals surface area contributed by atoms with Crippen molar-refractivity contribution in [2.75, 3.05) is 11.1 Å². The fourth-order valence-corrected chi connectivity index (χ4v) is 2.03. The number of rotatable bonds is 1. The van der Waals surface area contributed by atoms with Crippen LogP contribution in [0.15, 0.2) is 12.1 Å². The van der Waals surface area contributed by atoms with Gasteiger partial charge in [0.15, 0.2) is 6.19 Å². The second-order valence-electron chi connectivity index (χ2n) is 3.61. The van der Waals surface area contributed by atoms with Crippen molar-refractivity contribution >= 4 is 11.4 Å². The van der Waals surface area contributed by atoms with Crippen LogP contribution in [0.4, 0.5) is 11.4 Å². The Morgan fingerprint density at radius 2 is 2.07 bits per heavy atom. The number of nitrogens with two attached hydrogens (primary N) is 1. The molecule has 1 aliphatic carbocycles. The highest BCUT2D eigenvalue weighted by molar-refractivity contribution is 5.73. The van der Waals surface area contributed by atoms with Crippen LogP contribution in [0.25, 0.3) is 0 Å². The molecule has 0 aliphatic heterocycles. The summed E-state index contributed by atoms with van der Waals surface area (Å²) in [6.45, 7) is 0. The first-order valence-electron chi connectivity index (χ1n) is 4.88. The van der Waals surface area contributed by atoms with E-state index in [4.69, 9.17) is 11.0 Å². The van der Waals surface area contributed by atoms with Crippen molar-refractivity contribution in [1.29, 1.82) is 5.26 Å². The molecule has 0 amide bonds. The third-order valence-electron chi connectivity index (χ3n) is 2.77. The van der Waals surface area contributed by atoms with Gasteiger partial charge in [-0.15, -0.1) is 0 Å². The molecule has 1 aromatic carbocycles. The van der Waals surface area contributed by atoms with E-state index in [9.17, 15) is 0 Å².